The van der Waals surface area contributed by atoms with Crippen molar-refractivity contribution < 1.29 is 14.6 Å². The van der Waals surface area contributed by atoms with Crippen LogP contribution in [0.15, 0.2) is 85.3 Å². The molecule has 5 nitrogen and oxygen atoms in total. The van der Waals surface area contributed by atoms with Crippen LogP contribution >= 0.6 is 0 Å². The Kier molecular flexibility index (Phi) is 6.75. The number of rotatable bonds is 10. The van der Waals surface area contributed by atoms with Crippen molar-refractivity contribution >= 4 is 16.7 Å². The van der Waals surface area contributed by atoms with Crippen molar-refractivity contribution in [1.82, 2.24) is 9.55 Å². The van der Waals surface area contributed by atoms with Gasteiger partial charge in [-0.15, -0.1) is 0 Å². The quantitative estimate of drug-likeness (QED) is 0.380. The maximum atomic E-state index is 11.1. The van der Waals surface area contributed by atoms with Gasteiger partial charge in [-0.2, -0.15) is 0 Å². The highest BCUT2D eigenvalue weighted by Crippen LogP contribution is 2.21. The maximum Gasteiger partial charge on any atom is 0.356 e. The zero-order valence-electron chi connectivity index (χ0n) is 17.4. The molecule has 0 radical (unpaired) electrons. The van der Waals surface area contributed by atoms with Crippen LogP contribution in [0.4, 0.5) is 0 Å². The number of fused-ring (bicyclic) bond motifs is 1. The first-order valence-electron chi connectivity index (χ1n) is 10.6. The summed E-state index contributed by atoms with van der Waals surface area (Å²) in [7, 11) is 0. The maximum absolute atomic E-state index is 11.1. The molecule has 4 rings (SSSR count). The van der Waals surface area contributed by atoms with Crippen molar-refractivity contribution in [1.29, 1.82) is 0 Å². The molecule has 1 heterocycles. The molecule has 1 unspecified atom stereocenters. The van der Waals surface area contributed by atoms with E-state index in [0.717, 1.165) is 24.8 Å². The molecule has 0 saturated heterocycles. The fourth-order valence-electron chi connectivity index (χ4n) is 3.85. The number of hydrogen-bond donors (Lipinski definition) is 1. The van der Waals surface area contributed by atoms with Gasteiger partial charge in [-0.05, 0) is 41.2 Å². The Morgan fingerprint density at radius 2 is 1.77 bits per heavy atom. The van der Waals surface area contributed by atoms with Gasteiger partial charge < -0.3 is 14.4 Å². The van der Waals surface area contributed by atoms with Gasteiger partial charge in [0.15, 0.2) is 5.69 Å². The van der Waals surface area contributed by atoms with Crippen LogP contribution in [0.5, 0.6) is 0 Å². The fourth-order valence-corrected chi connectivity index (χ4v) is 3.85. The first-order chi connectivity index (χ1) is 15.2. The van der Waals surface area contributed by atoms with Crippen LogP contribution in [0.2, 0.25) is 0 Å². The number of ether oxygens (including phenoxy) is 1. The van der Waals surface area contributed by atoms with E-state index in [-0.39, 0.29) is 11.8 Å². The molecule has 0 fully saturated rings. The van der Waals surface area contributed by atoms with E-state index < -0.39 is 5.97 Å². The summed E-state index contributed by atoms with van der Waals surface area (Å²) in [6.07, 6.45) is 5.91. The molecule has 4 aromatic rings. The molecule has 0 bridgehead atoms. The average molecular weight is 415 g/mol. The molecule has 3 aromatic carbocycles. The number of carboxylic acids is 1. The van der Waals surface area contributed by atoms with Gasteiger partial charge in [-0.25, -0.2) is 9.78 Å². The van der Waals surface area contributed by atoms with Crippen LogP contribution in [-0.4, -0.2) is 26.7 Å². The average Bonchev–Trinajstić information content (AvgIpc) is 3.27. The highest BCUT2D eigenvalue weighted by atomic mass is 16.5. The highest BCUT2D eigenvalue weighted by molar-refractivity contribution is 5.85. The molecule has 31 heavy (non-hydrogen) atoms. The first kappa shape index (κ1) is 20.8. The van der Waals surface area contributed by atoms with Crippen LogP contribution in [0.3, 0.4) is 0 Å². The lowest BCUT2D eigenvalue weighted by Crippen LogP contribution is -2.20. The molecule has 0 saturated carbocycles. The lowest BCUT2D eigenvalue weighted by molar-refractivity contribution is 0.0225. The number of carbonyl (C=O) groups is 1. The van der Waals surface area contributed by atoms with Gasteiger partial charge in [-0.1, -0.05) is 72.8 Å². The second kappa shape index (κ2) is 10.0. The second-order valence-electron chi connectivity index (χ2n) is 7.71. The Bertz CT molecular complexity index is 1130. The van der Waals surface area contributed by atoms with E-state index in [1.165, 1.54) is 16.3 Å². The van der Waals surface area contributed by atoms with E-state index in [9.17, 15) is 4.79 Å². The van der Waals surface area contributed by atoms with Crippen molar-refractivity contribution in [3.8, 4) is 0 Å². The molecule has 1 N–H and O–H groups in total. The largest absolute Gasteiger partial charge is 0.476 e. The Balaban J connectivity index is 1.41. The minimum absolute atomic E-state index is 0.0361. The van der Waals surface area contributed by atoms with Gasteiger partial charge in [0.05, 0.1) is 19.0 Å². The van der Waals surface area contributed by atoms with Gasteiger partial charge in [0.2, 0.25) is 0 Å². The molecule has 0 spiro atoms. The van der Waals surface area contributed by atoms with Crippen molar-refractivity contribution in [3.05, 3.63) is 102 Å². The van der Waals surface area contributed by atoms with Gasteiger partial charge >= 0.3 is 5.97 Å². The molecule has 0 aliphatic heterocycles. The lowest BCUT2D eigenvalue weighted by atomic mass is 9.99. The molecule has 5 heteroatoms. The smallest absolute Gasteiger partial charge is 0.356 e. The van der Waals surface area contributed by atoms with Crippen LogP contribution < -0.4 is 0 Å². The summed E-state index contributed by atoms with van der Waals surface area (Å²) < 4.78 is 8.03. The summed E-state index contributed by atoms with van der Waals surface area (Å²) in [6, 6.07) is 25.0. The van der Waals surface area contributed by atoms with E-state index in [1.54, 1.807) is 17.1 Å². The van der Waals surface area contributed by atoms with Gasteiger partial charge in [0.1, 0.15) is 0 Å². The van der Waals surface area contributed by atoms with Crippen molar-refractivity contribution in [2.75, 3.05) is 0 Å². The summed E-state index contributed by atoms with van der Waals surface area (Å²) >= 11 is 0. The molecular weight excluding hydrogens is 388 g/mol. The van der Waals surface area contributed by atoms with Crippen molar-refractivity contribution in [2.24, 2.45) is 0 Å². The molecule has 1 aromatic heterocycles. The second-order valence-corrected chi connectivity index (χ2v) is 7.71. The normalized spacial score (nSPS) is 12.1. The number of imidazole rings is 1. The topological polar surface area (TPSA) is 64.3 Å². The van der Waals surface area contributed by atoms with Gasteiger partial charge in [0.25, 0.3) is 0 Å². The number of hydrogen-bond acceptors (Lipinski definition) is 3. The molecule has 0 amide bonds. The number of aryl methyl sites for hydroxylation is 1. The number of aromatic nitrogens is 2. The third kappa shape index (κ3) is 5.58. The number of carboxylic acid groups (broad SMARTS) is 1. The number of nitrogens with zero attached hydrogens (tertiary/aromatic N) is 2. The summed E-state index contributed by atoms with van der Waals surface area (Å²) in [5.41, 5.74) is 2.52. The predicted molar refractivity (Wildman–Crippen MR) is 121 cm³/mol. The van der Waals surface area contributed by atoms with E-state index in [1.807, 2.05) is 30.3 Å². The Hall–Kier alpha value is -3.44. The molecular formula is C26H26N2O3. The van der Waals surface area contributed by atoms with E-state index >= 15 is 0 Å². The standard InChI is InChI=1S/C26H26N2O3/c29-26(30)25-17-28(19-27-25)16-23(31-18-20-8-2-1-3-9-20)14-7-13-22-12-6-11-21-10-4-5-15-24(21)22/h1-6,8-12,15,17,19,23H,7,13-14,16,18H2,(H,29,30). The minimum atomic E-state index is -1.02. The van der Waals surface area contributed by atoms with E-state index in [2.05, 4.69) is 47.4 Å². The Labute approximate surface area is 181 Å². The van der Waals surface area contributed by atoms with Crippen LogP contribution in [-0.2, 0) is 24.3 Å². The summed E-state index contributed by atoms with van der Waals surface area (Å²) in [5, 5.41) is 11.7. The minimum Gasteiger partial charge on any atom is -0.476 e. The SMILES string of the molecule is O=C(O)c1cn(CC(CCCc2cccc3ccccc23)OCc2ccccc2)cn1. The predicted octanol–water partition coefficient (Wildman–Crippen LogP) is 5.34. The van der Waals surface area contributed by atoms with Crippen molar-refractivity contribution in [2.45, 2.75) is 38.5 Å². The highest BCUT2D eigenvalue weighted by Gasteiger charge is 2.14. The third-order valence-electron chi connectivity index (χ3n) is 5.45. The third-order valence-corrected chi connectivity index (χ3v) is 5.45. The van der Waals surface area contributed by atoms with Crippen LogP contribution in [0, 0.1) is 0 Å². The van der Waals surface area contributed by atoms with Crippen LogP contribution in [0.1, 0.15) is 34.5 Å². The monoisotopic (exact) mass is 414 g/mol. The summed E-state index contributed by atoms with van der Waals surface area (Å²) in [5.74, 6) is -1.02. The zero-order valence-corrected chi connectivity index (χ0v) is 17.4. The Morgan fingerprint density at radius 1 is 1.00 bits per heavy atom. The summed E-state index contributed by atoms with van der Waals surface area (Å²) in [4.78, 5) is 15.1. The fraction of sp³-hybridized carbons (Fsp3) is 0.231. The first-order valence-corrected chi connectivity index (χ1v) is 10.6. The summed E-state index contributed by atoms with van der Waals surface area (Å²) in [6.45, 7) is 1.10. The Morgan fingerprint density at radius 3 is 2.58 bits per heavy atom. The van der Waals surface area contributed by atoms with Gasteiger partial charge in [0, 0.05) is 12.7 Å². The van der Waals surface area contributed by atoms with Gasteiger partial charge in [-0.3, -0.25) is 0 Å². The van der Waals surface area contributed by atoms with E-state index in [4.69, 9.17) is 9.84 Å². The molecule has 0 aliphatic carbocycles. The number of benzene rings is 3. The molecule has 0 aliphatic rings. The van der Waals surface area contributed by atoms with Crippen LogP contribution in [0.25, 0.3) is 10.8 Å². The molecule has 1 atom stereocenters. The number of aromatic carboxylic acids is 1. The van der Waals surface area contributed by atoms with E-state index in [0.29, 0.717) is 13.2 Å². The zero-order chi connectivity index (χ0) is 21.5. The van der Waals surface area contributed by atoms with Crippen molar-refractivity contribution in [3.63, 3.8) is 0 Å². The lowest BCUT2D eigenvalue weighted by Gasteiger charge is -2.19. The molecule has 158 valence electrons.